The summed E-state index contributed by atoms with van der Waals surface area (Å²) in [5, 5.41) is 14.5. The average molecular weight is 343 g/mol. The van der Waals surface area contributed by atoms with E-state index in [1.807, 2.05) is 54.6 Å². The summed E-state index contributed by atoms with van der Waals surface area (Å²) in [6.07, 6.45) is 0.691. The first kappa shape index (κ1) is 16.0. The van der Waals surface area contributed by atoms with E-state index in [-0.39, 0.29) is 16.7 Å². The highest BCUT2D eigenvalue weighted by molar-refractivity contribution is 6.04. The Labute approximate surface area is 151 Å². The van der Waals surface area contributed by atoms with E-state index < -0.39 is 0 Å². The lowest BCUT2D eigenvalue weighted by atomic mass is 9.97. The molecule has 0 amide bonds. The fourth-order valence-corrected chi connectivity index (χ4v) is 3.16. The Morgan fingerprint density at radius 2 is 1.62 bits per heavy atom. The van der Waals surface area contributed by atoms with Gasteiger partial charge in [0.25, 0.3) is 5.69 Å². The molecule has 0 radical (unpaired) electrons. The van der Waals surface area contributed by atoms with E-state index >= 15 is 0 Å². The quantitative estimate of drug-likeness (QED) is 0.520. The third-order valence-electron chi connectivity index (χ3n) is 4.50. The van der Waals surface area contributed by atoms with Gasteiger partial charge in [-0.05, 0) is 23.3 Å². The van der Waals surface area contributed by atoms with Crippen molar-refractivity contribution in [2.45, 2.75) is 12.5 Å². The standard InChI is InChI=1S/C21H17N3O2/c25-24(26)17-12-10-16(11-13-17)21-14-20(15-6-2-1-3-7-15)22-18-8-4-5-9-19(18)23-21/h1-13,21,23H,14H2/t21-/m0/s1. The highest BCUT2D eigenvalue weighted by atomic mass is 16.6. The number of hydrogen-bond acceptors (Lipinski definition) is 4. The Morgan fingerprint density at radius 1 is 0.923 bits per heavy atom. The second-order valence-corrected chi connectivity index (χ2v) is 6.19. The van der Waals surface area contributed by atoms with Gasteiger partial charge < -0.3 is 5.32 Å². The van der Waals surface area contributed by atoms with Gasteiger partial charge in [-0.1, -0.05) is 54.6 Å². The van der Waals surface area contributed by atoms with Gasteiger partial charge in [-0.15, -0.1) is 0 Å². The van der Waals surface area contributed by atoms with Crippen LogP contribution in [0.15, 0.2) is 83.9 Å². The van der Waals surface area contributed by atoms with Gasteiger partial charge in [0.2, 0.25) is 0 Å². The predicted octanol–water partition coefficient (Wildman–Crippen LogP) is 5.27. The summed E-state index contributed by atoms with van der Waals surface area (Å²) < 4.78 is 0. The number of nitrogens with one attached hydrogen (secondary N) is 1. The fourth-order valence-electron chi connectivity index (χ4n) is 3.16. The monoisotopic (exact) mass is 343 g/mol. The predicted molar refractivity (Wildman–Crippen MR) is 103 cm³/mol. The van der Waals surface area contributed by atoms with Gasteiger partial charge in [0.15, 0.2) is 0 Å². The van der Waals surface area contributed by atoms with Crippen molar-refractivity contribution in [1.29, 1.82) is 0 Å². The Morgan fingerprint density at radius 3 is 2.35 bits per heavy atom. The summed E-state index contributed by atoms with van der Waals surface area (Å²) in [6.45, 7) is 0. The first-order chi connectivity index (χ1) is 12.7. The molecular weight excluding hydrogens is 326 g/mol. The number of benzene rings is 3. The maximum Gasteiger partial charge on any atom is 0.269 e. The number of nitrogens with zero attached hydrogens (tertiary/aromatic N) is 2. The van der Waals surface area contributed by atoms with Crippen LogP contribution in [0.1, 0.15) is 23.6 Å². The number of rotatable bonds is 3. The van der Waals surface area contributed by atoms with Crippen LogP contribution in [0.3, 0.4) is 0 Å². The molecule has 1 atom stereocenters. The number of fused-ring (bicyclic) bond motifs is 1. The maximum atomic E-state index is 10.9. The van der Waals surface area contributed by atoms with Crippen LogP contribution in [0.4, 0.5) is 17.1 Å². The zero-order valence-corrected chi connectivity index (χ0v) is 14.0. The zero-order chi connectivity index (χ0) is 17.9. The largest absolute Gasteiger partial charge is 0.376 e. The Bertz CT molecular complexity index is 966. The molecule has 0 aromatic heterocycles. The maximum absolute atomic E-state index is 10.9. The van der Waals surface area contributed by atoms with E-state index in [2.05, 4.69) is 17.4 Å². The van der Waals surface area contributed by atoms with Crippen LogP contribution in [0.2, 0.25) is 0 Å². The molecular formula is C21H17N3O2. The lowest BCUT2D eigenvalue weighted by molar-refractivity contribution is -0.384. The van der Waals surface area contributed by atoms with Gasteiger partial charge in [0.05, 0.1) is 28.1 Å². The van der Waals surface area contributed by atoms with Crippen LogP contribution in [0.5, 0.6) is 0 Å². The number of non-ortho nitro benzene ring substituents is 1. The molecule has 128 valence electrons. The van der Waals surface area contributed by atoms with Gasteiger partial charge >= 0.3 is 0 Å². The fraction of sp³-hybridized carbons (Fsp3) is 0.0952. The molecule has 26 heavy (non-hydrogen) atoms. The van der Waals surface area contributed by atoms with E-state index in [4.69, 9.17) is 4.99 Å². The second kappa shape index (κ2) is 6.80. The van der Waals surface area contributed by atoms with Crippen LogP contribution in [0.25, 0.3) is 0 Å². The summed E-state index contributed by atoms with van der Waals surface area (Å²) in [6, 6.07) is 24.7. The van der Waals surface area contributed by atoms with Crippen LogP contribution >= 0.6 is 0 Å². The van der Waals surface area contributed by atoms with Gasteiger partial charge in [-0.2, -0.15) is 0 Å². The van der Waals surface area contributed by atoms with Gasteiger partial charge in [0, 0.05) is 18.6 Å². The molecule has 3 aromatic carbocycles. The summed E-state index contributed by atoms with van der Waals surface area (Å²) in [4.78, 5) is 15.4. The molecule has 0 fully saturated rings. The minimum absolute atomic E-state index is 0.0154. The number of nitro groups is 1. The van der Waals surface area contributed by atoms with Crippen LogP contribution < -0.4 is 5.32 Å². The van der Waals surface area contributed by atoms with Gasteiger partial charge in [-0.25, -0.2) is 0 Å². The first-order valence-corrected chi connectivity index (χ1v) is 8.43. The van der Waals surface area contributed by atoms with Crippen LogP contribution in [-0.2, 0) is 0 Å². The third kappa shape index (κ3) is 3.19. The number of aliphatic imine (C=N–C) groups is 1. The zero-order valence-electron chi connectivity index (χ0n) is 14.0. The number of para-hydroxylation sites is 2. The number of anilines is 1. The SMILES string of the molecule is O=[N+]([O-])c1ccc([C@@H]2CC(c3ccccc3)=Nc3ccccc3N2)cc1. The van der Waals surface area contributed by atoms with Crippen molar-refractivity contribution >= 4 is 22.8 Å². The summed E-state index contributed by atoms with van der Waals surface area (Å²) in [5.74, 6) is 0. The van der Waals surface area contributed by atoms with Gasteiger partial charge in [-0.3, -0.25) is 15.1 Å². The van der Waals surface area contributed by atoms with E-state index in [0.717, 1.165) is 28.2 Å². The molecule has 5 heteroatoms. The lowest BCUT2D eigenvalue weighted by Gasteiger charge is -2.19. The summed E-state index contributed by atoms with van der Waals surface area (Å²) in [5.41, 5.74) is 5.03. The van der Waals surface area contributed by atoms with Crippen LogP contribution in [-0.4, -0.2) is 10.6 Å². The highest BCUT2D eigenvalue weighted by Crippen LogP contribution is 2.35. The Kier molecular flexibility index (Phi) is 4.19. The van der Waals surface area contributed by atoms with Crippen molar-refractivity contribution in [2.75, 3.05) is 5.32 Å². The molecule has 1 heterocycles. The van der Waals surface area contributed by atoms with E-state index in [9.17, 15) is 10.1 Å². The van der Waals surface area contributed by atoms with Gasteiger partial charge in [0.1, 0.15) is 0 Å². The normalized spacial score (nSPS) is 16.0. The molecule has 1 N–H and O–H groups in total. The van der Waals surface area contributed by atoms with Crippen molar-refractivity contribution in [3.63, 3.8) is 0 Å². The number of hydrogen-bond donors (Lipinski definition) is 1. The van der Waals surface area contributed by atoms with Crippen LogP contribution in [0, 0.1) is 10.1 Å². The topological polar surface area (TPSA) is 67.5 Å². The molecule has 3 aromatic rings. The smallest absolute Gasteiger partial charge is 0.269 e. The molecule has 5 nitrogen and oxygen atoms in total. The minimum Gasteiger partial charge on any atom is -0.376 e. The second-order valence-electron chi connectivity index (χ2n) is 6.19. The van der Waals surface area contributed by atoms with Crippen molar-refractivity contribution < 1.29 is 4.92 Å². The molecule has 0 saturated heterocycles. The third-order valence-corrected chi connectivity index (χ3v) is 4.50. The molecule has 0 bridgehead atoms. The van der Waals surface area contributed by atoms with E-state index in [1.54, 1.807) is 12.1 Å². The van der Waals surface area contributed by atoms with Crippen molar-refractivity contribution in [3.8, 4) is 0 Å². The van der Waals surface area contributed by atoms with Crippen molar-refractivity contribution in [3.05, 3.63) is 100 Å². The summed E-state index contributed by atoms with van der Waals surface area (Å²) >= 11 is 0. The molecule has 0 unspecified atom stereocenters. The molecule has 1 aliphatic heterocycles. The molecule has 0 spiro atoms. The first-order valence-electron chi connectivity index (χ1n) is 8.43. The molecule has 4 rings (SSSR count). The highest BCUT2D eigenvalue weighted by Gasteiger charge is 2.21. The van der Waals surface area contributed by atoms with Crippen molar-refractivity contribution in [1.82, 2.24) is 0 Å². The summed E-state index contributed by atoms with van der Waals surface area (Å²) in [7, 11) is 0. The minimum atomic E-state index is -0.379. The molecule has 0 saturated carbocycles. The Balaban J connectivity index is 1.75. The molecule has 1 aliphatic rings. The average Bonchev–Trinajstić information content (AvgIpc) is 2.88. The number of nitro benzene ring substituents is 1. The van der Waals surface area contributed by atoms with Crippen molar-refractivity contribution in [2.24, 2.45) is 4.99 Å². The van der Waals surface area contributed by atoms with E-state index in [0.29, 0.717) is 6.42 Å². The van der Waals surface area contributed by atoms with E-state index in [1.165, 1.54) is 0 Å². The molecule has 0 aliphatic carbocycles. The Hall–Kier alpha value is -3.47. The lowest BCUT2D eigenvalue weighted by Crippen LogP contribution is -2.14.